The van der Waals surface area contributed by atoms with Gasteiger partial charge in [-0.25, -0.2) is 5.43 Å². The van der Waals surface area contributed by atoms with Gasteiger partial charge in [0, 0.05) is 36.7 Å². The Kier molecular flexibility index (Phi) is 7.06. The fraction of sp³-hybridized carbons (Fsp3) is 0.556. The topological polar surface area (TPSA) is 53.9 Å². The molecule has 1 amide bonds. The third-order valence-corrected chi connectivity index (χ3v) is 4.34. The maximum Gasteiger partial charge on any atom is 0.280 e. The van der Waals surface area contributed by atoms with Crippen LogP contribution in [0.4, 0.5) is 0 Å². The van der Waals surface area contributed by atoms with Crippen LogP contribution in [0.15, 0.2) is 23.3 Å². The maximum atomic E-state index is 12.2. The summed E-state index contributed by atoms with van der Waals surface area (Å²) >= 11 is 5.93. The summed E-state index contributed by atoms with van der Waals surface area (Å²) in [6.07, 6.45) is 2.37. The van der Waals surface area contributed by atoms with Crippen molar-refractivity contribution in [2.75, 3.05) is 19.6 Å². The second-order valence-electron chi connectivity index (χ2n) is 6.17. The SMILES string of the molecule is CCCN1CCC(=NNC(=O)C(C)Oc2ccc(Cl)cc2C)CC1. The van der Waals surface area contributed by atoms with Crippen molar-refractivity contribution in [3.63, 3.8) is 0 Å². The van der Waals surface area contributed by atoms with Gasteiger partial charge in [-0.2, -0.15) is 5.10 Å². The minimum Gasteiger partial charge on any atom is -0.481 e. The van der Waals surface area contributed by atoms with Gasteiger partial charge >= 0.3 is 0 Å². The van der Waals surface area contributed by atoms with Crippen molar-refractivity contribution < 1.29 is 9.53 Å². The maximum absolute atomic E-state index is 12.2. The smallest absolute Gasteiger partial charge is 0.280 e. The molecule has 1 saturated heterocycles. The molecular formula is C18H26ClN3O2. The van der Waals surface area contributed by atoms with Crippen LogP contribution in [0, 0.1) is 6.92 Å². The highest BCUT2D eigenvalue weighted by Gasteiger charge is 2.17. The second kappa shape index (κ2) is 9.04. The molecule has 0 radical (unpaired) electrons. The number of piperidine rings is 1. The Bertz CT molecular complexity index is 594. The third kappa shape index (κ3) is 5.49. The summed E-state index contributed by atoms with van der Waals surface area (Å²) in [5, 5.41) is 4.92. The summed E-state index contributed by atoms with van der Waals surface area (Å²) < 4.78 is 5.70. The molecule has 1 unspecified atom stereocenters. The van der Waals surface area contributed by atoms with Gasteiger partial charge < -0.3 is 9.64 Å². The zero-order chi connectivity index (χ0) is 17.5. The molecule has 0 aliphatic carbocycles. The molecule has 6 heteroatoms. The van der Waals surface area contributed by atoms with E-state index in [0.717, 1.165) is 43.8 Å². The first kappa shape index (κ1) is 18.7. The average Bonchev–Trinajstić information content (AvgIpc) is 2.56. The first-order valence-corrected chi connectivity index (χ1v) is 8.88. The molecule has 1 fully saturated rings. The van der Waals surface area contributed by atoms with E-state index in [0.29, 0.717) is 10.8 Å². The lowest BCUT2D eigenvalue weighted by atomic mass is 10.1. The van der Waals surface area contributed by atoms with E-state index >= 15 is 0 Å². The Morgan fingerprint density at radius 1 is 1.42 bits per heavy atom. The number of hydrogen-bond donors (Lipinski definition) is 1. The van der Waals surface area contributed by atoms with Crippen LogP contribution >= 0.6 is 11.6 Å². The van der Waals surface area contributed by atoms with E-state index in [4.69, 9.17) is 16.3 Å². The third-order valence-electron chi connectivity index (χ3n) is 4.11. The zero-order valence-corrected chi connectivity index (χ0v) is 15.4. The molecule has 0 saturated carbocycles. The molecule has 0 spiro atoms. The Labute approximate surface area is 149 Å². The predicted molar refractivity (Wildman–Crippen MR) is 97.8 cm³/mol. The van der Waals surface area contributed by atoms with Crippen molar-refractivity contribution in [1.82, 2.24) is 10.3 Å². The summed E-state index contributed by atoms with van der Waals surface area (Å²) in [5.41, 5.74) is 4.58. The number of amides is 1. The van der Waals surface area contributed by atoms with Crippen LogP contribution in [0.25, 0.3) is 0 Å². The lowest BCUT2D eigenvalue weighted by Gasteiger charge is -2.26. The number of ether oxygens (including phenoxy) is 1. The van der Waals surface area contributed by atoms with Crippen LogP contribution in [0.2, 0.25) is 5.02 Å². The molecule has 1 atom stereocenters. The molecule has 132 valence electrons. The fourth-order valence-corrected chi connectivity index (χ4v) is 2.90. The van der Waals surface area contributed by atoms with Gasteiger partial charge in [0.25, 0.3) is 5.91 Å². The van der Waals surface area contributed by atoms with Gasteiger partial charge in [-0.15, -0.1) is 0 Å². The number of carbonyl (C=O) groups excluding carboxylic acids is 1. The van der Waals surface area contributed by atoms with E-state index in [9.17, 15) is 4.79 Å². The lowest BCUT2D eigenvalue weighted by molar-refractivity contribution is -0.127. The molecule has 1 aromatic rings. The summed E-state index contributed by atoms with van der Waals surface area (Å²) in [4.78, 5) is 14.6. The summed E-state index contributed by atoms with van der Waals surface area (Å²) in [6.45, 7) is 8.96. The number of rotatable bonds is 6. The summed E-state index contributed by atoms with van der Waals surface area (Å²) in [5.74, 6) is 0.412. The molecule has 1 aliphatic heterocycles. The average molecular weight is 352 g/mol. The van der Waals surface area contributed by atoms with E-state index < -0.39 is 6.10 Å². The largest absolute Gasteiger partial charge is 0.481 e. The highest BCUT2D eigenvalue weighted by atomic mass is 35.5. The first-order valence-electron chi connectivity index (χ1n) is 8.50. The van der Waals surface area contributed by atoms with Gasteiger partial charge in [0.05, 0.1) is 0 Å². The molecule has 1 aromatic carbocycles. The number of benzene rings is 1. The van der Waals surface area contributed by atoms with Crippen molar-refractivity contribution in [3.8, 4) is 5.75 Å². The van der Waals surface area contributed by atoms with Crippen molar-refractivity contribution in [3.05, 3.63) is 28.8 Å². The summed E-state index contributed by atoms with van der Waals surface area (Å²) in [7, 11) is 0. The monoisotopic (exact) mass is 351 g/mol. The normalized spacial score (nSPS) is 16.6. The molecule has 2 rings (SSSR count). The first-order chi connectivity index (χ1) is 11.5. The van der Waals surface area contributed by atoms with Crippen LogP contribution < -0.4 is 10.2 Å². The number of aryl methyl sites for hydroxylation is 1. The van der Waals surface area contributed by atoms with Crippen LogP contribution in [-0.2, 0) is 4.79 Å². The van der Waals surface area contributed by atoms with Crippen molar-refractivity contribution in [2.45, 2.75) is 46.1 Å². The van der Waals surface area contributed by atoms with Gasteiger partial charge in [-0.1, -0.05) is 18.5 Å². The van der Waals surface area contributed by atoms with E-state index in [-0.39, 0.29) is 5.91 Å². The standard InChI is InChI=1S/C18H26ClN3O2/c1-4-9-22-10-7-16(8-11-22)20-21-18(23)14(3)24-17-6-5-15(19)12-13(17)2/h5-6,12,14H,4,7-11H2,1-3H3,(H,21,23). The van der Waals surface area contributed by atoms with Crippen LogP contribution in [0.5, 0.6) is 5.75 Å². The Morgan fingerprint density at radius 2 is 2.12 bits per heavy atom. The van der Waals surface area contributed by atoms with Crippen molar-refractivity contribution >= 4 is 23.2 Å². The molecule has 1 heterocycles. The van der Waals surface area contributed by atoms with Gasteiger partial charge in [-0.3, -0.25) is 4.79 Å². The van der Waals surface area contributed by atoms with Gasteiger partial charge in [0.2, 0.25) is 0 Å². The highest BCUT2D eigenvalue weighted by molar-refractivity contribution is 6.30. The number of halogens is 1. The van der Waals surface area contributed by atoms with Gasteiger partial charge in [0.1, 0.15) is 5.75 Å². The molecule has 1 aliphatic rings. The highest BCUT2D eigenvalue weighted by Crippen LogP contribution is 2.22. The molecule has 24 heavy (non-hydrogen) atoms. The molecule has 5 nitrogen and oxygen atoms in total. The number of likely N-dealkylation sites (tertiary alicyclic amines) is 1. The predicted octanol–water partition coefficient (Wildman–Crippen LogP) is 3.39. The number of nitrogens with zero attached hydrogens (tertiary/aromatic N) is 2. The molecular weight excluding hydrogens is 326 g/mol. The van der Waals surface area contributed by atoms with Gasteiger partial charge in [-0.05, 0) is 50.6 Å². The minimum absolute atomic E-state index is 0.243. The van der Waals surface area contributed by atoms with Crippen LogP contribution in [0.3, 0.4) is 0 Å². The zero-order valence-electron chi connectivity index (χ0n) is 14.6. The van der Waals surface area contributed by atoms with E-state index in [1.165, 1.54) is 6.42 Å². The molecule has 0 aromatic heterocycles. The summed E-state index contributed by atoms with van der Waals surface area (Å²) in [6, 6.07) is 5.33. The second-order valence-corrected chi connectivity index (χ2v) is 6.60. The number of hydrogen-bond acceptors (Lipinski definition) is 4. The van der Waals surface area contributed by atoms with E-state index in [1.54, 1.807) is 19.1 Å². The number of carbonyl (C=O) groups is 1. The quantitative estimate of drug-likeness (QED) is 0.799. The Morgan fingerprint density at radius 3 is 2.75 bits per heavy atom. The van der Waals surface area contributed by atoms with Crippen LogP contribution in [-0.4, -0.2) is 42.3 Å². The Balaban J connectivity index is 1.82. The minimum atomic E-state index is -0.616. The molecule has 1 N–H and O–H groups in total. The lowest BCUT2D eigenvalue weighted by Crippen LogP contribution is -2.37. The Hall–Kier alpha value is -1.59. The number of hydrazone groups is 1. The van der Waals surface area contributed by atoms with Crippen LogP contribution in [0.1, 0.15) is 38.7 Å². The van der Waals surface area contributed by atoms with E-state index in [1.807, 2.05) is 13.0 Å². The number of nitrogens with one attached hydrogen (secondary N) is 1. The van der Waals surface area contributed by atoms with E-state index in [2.05, 4.69) is 22.4 Å². The molecule has 0 bridgehead atoms. The fourth-order valence-electron chi connectivity index (χ4n) is 2.68. The van der Waals surface area contributed by atoms with Crippen molar-refractivity contribution in [2.24, 2.45) is 5.10 Å². The van der Waals surface area contributed by atoms with Crippen molar-refractivity contribution in [1.29, 1.82) is 0 Å². The van der Waals surface area contributed by atoms with Gasteiger partial charge in [0.15, 0.2) is 6.10 Å².